The van der Waals surface area contributed by atoms with Crippen molar-refractivity contribution >= 4 is 21.6 Å². The zero-order valence-corrected chi connectivity index (χ0v) is 22.7. The van der Waals surface area contributed by atoms with Crippen LogP contribution in [-0.2, 0) is 20.2 Å². The van der Waals surface area contributed by atoms with Gasteiger partial charge >= 0.3 is 0 Å². The fourth-order valence-electron chi connectivity index (χ4n) is 4.52. The number of nitrogens with zero attached hydrogens (tertiary/aromatic N) is 1. The number of benzene rings is 3. The average Bonchev–Trinajstić information content (AvgIpc) is 2.91. The van der Waals surface area contributed by atoms with Crippen LogP contribution in [0.15, 0.2) is 71.6 Å². The van der Waals surface area contributed by atoms with Gasteiger partial charge in [-0.05, 0) is 59.9 Å². The van der Waals surface area contributed by atoms with Crippen molar-refractivity contribution < 1.29 is 27.4 Å². The van der Waals surface area contributed by atoms with Crippen molar-refractivity contribution in [2.75, 3.05) is 24.1 Å². The van der Waals surface area contributed by atoms with Gasteiger partial charge in [0.2, 0.25) is 0 Å². The Morgan fingerprint density at radius 2 is 1.63 bits per heavy atom. The van der Waals surface area contributed by atoms with Gasteiger partial charge < -0.3 is 19.5 Å². The van der Waals surface area contributed by atoms with Gasteiger partial charge in [-0.2, -0.15) is 0 Å². The van der Waals surface area contributed by atoms with E-state index >= 15 is 0 Å². The Hall–Kier alpha value is -3.72. The molecule has 0 saturated carbocycles. The molecule has 0 fully saturated rings. The molecule has 38 heavy (non-hydrogen) atoms. The van der Waals surface area contributed by atoms with Crippen LogP contribution in [0.1, 0.15) is 44.9 Å². The number of rotatable bonds is 5. The normalized spacial score (nSPS) is 17.7. The monoisotopic (exact) mass is 536 g/mol. The van der Waals surface area contributed by atoms with Crippen molar-refractivity contribution in [2.45, 2.75) is 50.2 Å². The first-order valence-corrected chi connectivity index (χ1v) is 14.1. The van der Waals surface area contributed by atoms with E-state index in [2.05, 4.69) is 26.1 Å². The number of ether oxygens (including phenoxy) is 3. The number of hydrogen-bond acceptors (Lipinski definition) is 6. The van der Waals surface area contributed by atoms with E-state index < -0.39 is 22.0 Å². The Bertz CT molecular complexity index is 1450. The molecular formula is C29H32N2O6S. The van der Waals surface area contributed by atoms with Gasteiger partial charge in [-0.1, -0.05) is 51.1 Å². The minimum Gasteiger partial charge on any atom is -0.486 e. The molecule has 2 unspecified atom stereocenters. The minimum absolute atomic E-state index is 0.151. The van der Waals surface area contributed by atoms with Crippen LogP contribution in [0.3, 0.4) is 0 Å². The molecule has 0 aromatic heterocycles. The Kier molecular flexibility index (Phi) is 6.73. The molecule has 1 amide bonds. The number of anilines is 1. The third-order valence-corrected chi connectivity index (χ3v) is 8.54. The molecule has 0 aliphatic carbocycles. The molecule has 3 aromatic rings. The van der Waals surface area contributed by atoms with Gasteiger partial charge in [0.25, 0.3) is 15.9 Å². The lowest BCUT2D eigenvalue weighted by Crippen LogP contribution is -2.51. The molecular weight excluding hydrogens is 504 g/mol. The summed E-state index contributed by atoms with van der Waals surface area (Å²) < 4.78 is 46.2. The molecule has 0 bridgehead atoms. The molecule has 200 valence electrons. The summed E-state index contributed by atoms with van der Waals surface area (Å²) in [6.07, 6.45) is -1.04. The number of carbonyl (C=O) groups excluding carboxylic acids is 1. The summed E-state index contributed by atoms with van der Waals surface area (Å²) in [6, 6.07) is 18.9. The minimum atomic E-state index is -3.95. The first-order valence-electron chi connectivity index (χ1n) is 12.6. The predicted octanol–water partition coefficient (Wildman–Crippen LogP) is 4.59. The Morgan fingerprint density at radius 3 is 2.34 bits per heavy atom. The van der Waals surface area contributed by atoms with E-state index in [1.54, 1.807) is 36.4 Å². The molecule has 0 saturated heterocycles. The van der Waals surface area contributed by atoms with E-state index in [1.165, 1.54) is 4.31 Å². The fraction of sp³-hybridized carbons (Fsp3) is 0.345. The van der Waals surface area contributed by atoms with Crippen molar-refractivity contribution in [1.29, 1.82) is 0 Å². The topological polar surface area (TPSA) is 94.2 Å². The van der Waals surface area contributed by atoms with Crippen molar-refractivity contribution in [3.63, 3.8) is 0 Å². The van der Waals surface area contributed by atoms with Gasteiger partial charge in [-0.15, -0.1) is 0 Å². The van der Waals surface area contributed by atoms with E-state index in [4.69, 9.17) is 14.2 Å². The van der Waals surface area contributed by atoms with E-state index in [-0.39, 0.29) is 22.9 Å². The summed E-state index contributed by atoms with van der Waals surface area (Å²) in [6.45, 7) is 8.84. The van der Waals surface area contributed by atoms with Crippen LogP contribution in [0.2, 0.25) is 0 Å². The number of fused-ring (bicyclic) bond motifs is 2. The highest BCUT2D eigenvalue weighted by Gasteiger charge is 2.38. The Morgan fingerprint density at radius 1 is 0.947 bits per heavy atom. The molecule has 3 aromatic carbocycles. The molecule has 0 radical (unpaired) electrons. The highest BCUT2D eigenvalue weighted by Crippen LogP contribution is 2.40. The van der Waals surface area contributed by atoms with Crippen molar-refractivity contribution in [1.82, 2.24) is 5.32 Å². The lowest BCUT2D eigenvalue weighted by atomic mass is 9.86. The average molecular weight is 537 g/mol. The first kappa shape index (κ1) is 25.9. The second kappa shape index (κ2) is 9.87. The number of carbonyl (C=O) groups is 1. The molecule has 9 heteroatoms. The second-order valence-corrected chi connectivity index (χ2v) is 12.4. The highest BCUT2D eigenvalue weighted by molar-refractivity contribution is 7.92. The van der Waals surface area contributed by atoms with E-state index in [9.17, 15) is 13.2 Å². The number of hydrogen-bond donors (Lipinski definition) is 1. The maximum absolute atomic E-state index is 13.8. The molecule has 5 rings (SSSR count). The van der Waals surface area contributed by atoms with E-state index in [1.807, 2.05) is 37.3 Å². The van der Waals surface area contributed by atoms with Gasteiger partial charge in [0.15, 0.2) is 17.6 Å². The quantitative estimate of drug-likeness (QED) is 0.513. The van der Waals surface area contributed by atoms with E-state index in [0.29, 0.717) is 36.1 Å². The zero-order valence-electron chi connectivity index (χ0n) is 21.9. The summed E-state index contributed by atoms with van der Waals surface area (Å²) in [5, 5.41) is 2.97. The predicted molar refractivity (Wildman–Crippen MR) is 145 cm³/mol. The molecule has 2 atom stereocenters. The van der Waals surface area contributed by atoms with Crippen LogP contribution in [0.4, 0.5) is 5.69 Å². The maximum atomic E-state index is 13.8. The van der Waals surface area contributed by atoms with Crippen LogP contribution in [-0.4, -0.2) is 40.2 Å². The zero-order chi connectivity index (χ0) is 27.1. The summed E-state index contributed by atoms with van der Waals surface area (Å²) in [5.74, 6) is 1.23. The summed E-state index contributed by atoms with van der Waals surface area (Å²) in [4.78, 5) is 13.6. The van der Waals surface area contributed by atoms with Gasteiger partial charge in [0.05, 0.1) is 23.2 Å². The van der Waals surface area contributed by atoms with Gasteiger partial charge in [-0.3, -0.25) is 9.10 Å². The van der Waals surface area contributed by atoms with Gasteiger partial charge in [0.1, 0.15) is 19.0 Å². The van der Waals surface area contributed by atoms with Gasteiger partial charge in [-0.25, -0.2) is 8.42 Å². The Balaban J connectivity index is 1.44. The lowest BCUT2D eigenvalue weighted by Gasteiger charge is -2.36. The standard InChI is InChI=1S/C29H32N2O6S/c1-19(20-10-12-25-26(16-20)36-15-14-35-25)30-28(32)27-18-31(38(33,34)22-8-6-5-7-9-22)23-17-21(29(2,3)4)11-13-24(23)37-27/h5-13,16-17,19,27H,14-15,18H2,1-4H3,(H,30,32). The molecule has 8 nitrogen and oxygen atoms in total. The molecule has 2 heterocycles. The molecule has 2 aliphatic heterocycles. The van der Waals surface area contributed by atoms with Crippen LogP contribution in [0, 0.1) is 0 Å². The largest absolute Gasteiger partial charge is 0.486 e. The van der Waals surface area contributed by atoms with Crippen LogP contribution in [0.5, 0.6) is 17.2 Å². The highest BCUT2D eigenvalue weighted by atomic mass is 32.2. The van der Waals surface area contributed by atoms with Gasteiger partial charge in [0, 0.05) is 0 Å². The molecule has 1 N–H and O–H groups in total. The van der Waals surface area contributed by atoms with Crippen LogP contribution >= 0.6 is 0 Å². The molecule has 0 spiro atoms. The third kappa shape index (κ3) is 5.03. The first-order chi connectivity index (χ1) is 18.0. The third-order valence-electron chi connectivity index (χ3n) is 6.74. The summed E-state index contributed by atoms with van der Waals surface area (Å²) in [5.41, 5.74) is 2.01. The number of amides is 1. The number of nitrogens with one attached hydrogen (secondary N) is 1. The smallest absolute Gasteiger partial charge is 0.264 e. The van der Waals surface area contributed by atoms with Crippen LogP contribution < -0.4 is 23.8 Å². The summed E-state index contributed by atoms with van der Waals surface area (Å²) >= 11 is 0. The van der Waals surface area contributed by atoms with Crippen molar-refractivity contribution in [2.24, 2.45) is 0 Å². The molecule has 2 aliphatic rings. The Labute approximate surface area is 223 Å². The maximum Gasteiger partial charge on any atom is 0.264 e. The van der Waals surface area contributed by atoms with Crippen LogP contribution in [0.25, 0.3) is 0 Å². The lowest BCUT2D eigenvalue weighted by molar-refractivity contribution is -0.128. The second-order valence-electron chi connectivity index (χ2n) is 10.5. The fourth-order valence-corrected chi connectivity index (χ4v) is 6.01. The van der Waals surface area contributed by atoms with Crippen molar-refractivity contribution in [3.05, 3.63) is 77.9 Å². The number of sulfonamides is 1. The summed E-state index contributed by atoms with van der Waals surface area (Å²) in [7, 11) is -3.95. The van der Waals surface area contributed by atoms with Crippen molar-refractivity contribution in [3.8, 4) is 17.2 Å². The van der Waals surface area contributed by atoms with E-state index in [0.717, 1.165) is 11.1 Å². The SMILES string of the molecule is CC(NC(=O)C1CN(S(=O)(=O)c2ccccc2)c2cc(C(C)(C)C)ccc2O1)c1ccc2c(c1)OCCO2.